The fraction of sp³-hybridized carbons (Fsp3) is 0.200. The summed E-state index contributed by atoms with van der Waals surface area (Å²) in [6, 6.07) is 3.17. The maximum absolute atomic E-state index is 10.7. The molecular weight excluding hydrogens is 150 g/mol. The number of hydrogen-bond donors (Lipinski definition) is 1. The van der Waals surface area contributed by atoms with Crippen molar-refractivity contribution >= 4 is 16.6 Å². The third-order valence-electron chi connectivity index (χ3n) is 0.955. The molecule has 0 aliphatic heterocycles. The molecule has 10 heavy (non-hydrogen) atoms. The zero-order valence-electron chi connectivity index (χ0n) is 5.44. The third-order valence-corrected chi connectivity index (χ3v) is 1.76. The van der Waals surface area contributed by atoms with Gasteiger partial charge in [-0.05, 0) is 12.1 Å². The Bertz CT molecular complexity index is 246. The van der Waals surface area contributed by atoms with Crippen LogP contribution in [0.5, 0.6) is 0 Å². The Labute approximate surface area is 60.9 Å². The fourth-order valence-corrected chi connectivity index (χ4v) is 0.899. The number of anilines is 1. The number of nitrogens with zero attached hydrogens (tertiary/aromatic N) is 2. The van der Waals surface area contributed by atoms with Gasteiger partial charge in [0.2, 0.25) is 0 Å². The van der Waals surface area contributed by atoms with Gasteiger partial charge >= 0.3 is 0 Å². The number of nitrogen functional groups attached to an aromatic ring is 1. The Morgan fingerprint density at radius 2 is 2.20 bits per heavy atom. The average molecular weight is 157 g/mol. The first-order valence-corrected chi connectivity index (χ1v) is 4.18. The van der Waals surface area contributed by atoms with Crippen LogP contribution in [-0.4, -0.2) is 20.7 Å². The molecule has 0 fully saturated rings. The van der Waals surface area contributed by atoms with E-state index in [0.717, 1.165) is 0 Å². The molecule has 0 radical (unpaired) electrons. The van der Waals surface area contributed by atoms with Crippen LogP contribution in [0, 0.1) is 0 Å². The summed E-state index contributed by atoms with van der Waals surface area (Å²) in [5.74, 6) is 0.342. The molecule has 54 valence electrons. The van der Waals surface area contributed by atoms with Crippen molar-refractivity contribution in [2.24, 2.45) is 0 Å². The molecule has 1 aromatic heterocycles. The molecule has 1 atom stereocenters. The second kappa shape index (κ2) is 2.74. The lowest BCUT2D eigenvalue weighted by molar-refractivity contribution is 0.682. The molecule has 1 heterocycles. The molecule has 1 aromatic rings. The minimum Gasteiger partial charge on any atom is -0.382 e. The average Bonchev–Trinajstić information content (AvgIpc) is 1.88. The summed E-state index contributed by atoms with van der Waals surface area (Å²) in [4.78, 5) is 0. The topological polar surface area (TPSA) is 68.9 Å². The van der Waals surface area contributed by atoms with Crippen molar-refractivity contribution in [3.8, 4) is 0 Å². The van der Waals surface area contributed by atoms with Gasteiger partial charge in [0.05, 0.1) is 10.8 Å². The highest BCUT2D eigenvalue weighted by atomic mass is 32.2. The highest BCUT2D eigenvalue weighted by Crippen LogP contribution is 1.99. The molecule has 5 heteroatoms. The number of nitrogens with two attached hydrogens (primary N) is 1. The van der Waals surface area contributed by atoms with Crippen molar-refractivity contribution < 1.29 is 4.21 Å². The van der Waals surface area contributed by atoms with E-state index in [2.05, 4.69) is 10.2 Å². The minimum absolute atomic E-state index is 0.342. The lowest BCUT2D eigenvalue weighted by Crippen LogP contribution is -1.97. The van der Waals surface area contributed by atoms with Crippen LogP contribution in [0.2, 0.25) is 0 Å². The van der Waals surface area contributed by atoms with Crippen molar-refractivity contribution in [2.75, 3.05) is 12.0 Å². The molecule has 0 saturated carbocycles. The summed E-state index contributed by atoms with van der Waals surface area (Å²) in [5.41, 5.74) is 5.25. The Morgan fingerprint density at radius 3 is 2.60 bits per heavy atom. The Morgan fingerprint density at radius 1 is 1.50 bits per heavy atom. The number of hydrogen-bond acceptors (Lipinski definition) is 4. The van der Waals surface area contributed by atoms with Crippen LogP contribution in [0.25, 0.3) is 0 Å². The first-order valence-electron chi connectivity index (χ1n) is 2.63. The summed E-state index contributed by atoms with van der Waals surface area (Å²) in [6.07, 6.45) is 1.54. The van der Waals surface area contributed by atoms with Crippen LogP contribution in [-0.2, 0) is 10.8 Å². The molecule has 0 bridgehead atoms. The van der Waals surface area contributed by atoms with E-state index in [-0.39, 0.29) is 0 Å². The number of aromatic nitrogens is 2. The summed E-state index contributed by atoms with van der Waals surface area (Å²) in [7, 11) is -1.07. The molecular formula is C5H7N3OS. The first kappa shape index (κ1) is 7.14. The van der Waals surface area contributed by atoms with Crippen LogP contribution in [0.4, 0.5) is 5.82 Å². The Kier molecular flexibility index (Phi) is 1.96. The third kappa shape index (κ3) is 1.51. The predicted molar refractivity (Wildman–Crippen MR) is 38.8 cm³/mol. The fourth-order valence-electron chi connectivity index (χ4n) is 0.484. The van der Waals surface area contributed by atoms with Gasteiger partial charge in [-0.1, -0.05) is 0 Å². The van der Waals surface area contributed by atoms with Crippen molar-refractivity contribution in [3.05, 3.63) is 12.1 Å². The van der Waals surface area contributed by atoms with Gasteiger partial charge in [-0.3, -0.25) is 4.21 Å². The molecule has 1 unspecified atom stereocenters. The zero-order valence-corrected chi connectivity index (χ0v) is 6.26. The smallest absolute Gasteiger partial charge is 0.149 e. The van der Waals surface area contributed by atoms with E-state index in [1.165, 1.54) is 0 Å². The van der Waals surface area contributed by atoms with Gasteiger partial charge in [0, 0.05) is 6.26 Å². The van der Waals surface area contributed by atoms with Crippen LogP contribution in [0.3, 0.4) is 0 Å². The summed E-state index contributed by atoms with van der Waals surface area (Å²) in [6.45, 7) is 0. The molecule has 2 N–H and O–H groups in total. The predicted octanol–water partition coefficient (Wildman–Crippen LogP) is -0.204. The van der Waals surface area contributed by atoms with Crippen molar-refractivity contribution in [3.63, 3.8) is 0 Å². The molecule has 0 saturated heterocycles. The van der Waals surface area contributed by atoms with E-state index in [1.54, 1.807) is 18.4 Å². The highest BCUT2D eigenvalue weighted by molar-refractivity contribution is 7.84. The SMILES string of the molecule is CS(=O)c1ccc(N)nn1. The van der Waals surface area contributed by atoms with Crippen LogP contribution in [0.1, 0.15) is 0 Å². The summed E-state index contributed by atoms with van der Waals surface area (Å²) in [5, 5.41) is 7.59. The monoisotopic (exact) mass is 157 g/mol. The lowest BCUT2D eigenvalue weighted by Gasteiger charge is -1.92. The molecule has 0 aliphatic rings. The van der Waals surface area contributed by atoms with Crippen molar-refractivity contribution in [1.82, 2.24) is 10.2 Å². The Balaban J connectivity index is 3.00. The van der Waals surface area contributed by atoms with Crippen molar-refractivity contribution in [1.29, 1.82) is 0 Å². The van der Waals surface area contributed by atoms with E-state index >= 15 is 0 Å². The van der Waals surface area contributed by atoms with Gasteiger partial charge in [-0.2, -0.15) is 0 Å². The summed E-state index contributed by atoms with van der Waals surface area (Å²) < 4.78 is 10.7. The van der Waals surface area contributed by atoms with Gasteiger partial charge < -0.3 is 5.73 Å². The maximum atomic E-state index is 10.7. The van der Waals surface area contributed by atoms with Crippen LogP contribution in [0.15, 0.2) is 17.2 Å². The lowest BCUT2D eigenvalue weighted by atomic mass is 10.5. The normalized spacial score (nSPS) is 12.9. The molecule has 0 aromatic carbocycles. The molecule has 1 rings (SSSR count). The van der Waals surface area contributed by atoms with E-state index in [1.807, 2.05) is 0 Å². The standard InChI is InChI=1S/C5H7N3OS/c1-10(9)5-3-2-4(6)7-8-5/h2-3H,1H3,(H2,6,7). The van der Waals surface area contributed by atoms with E-state index in [9.17, 15) is 4.21 Å². The van der Waals surface area contributed by atoms with Gasteiger partial charge in [-0.15, -0.1) is 10.2 Å². The summed E-state index contributed by atoms with van der Waals surface area (Å²) >= 11 is 0. The minimum atomic E-state index is -1.07. The van der Waals surface area contributed by atoms with E-state index in [4.69, 9.17) is 5.73 Å². The second-order valence-electron chi connectivity index (χ2n) is 1.75. The van der Waals surface area contributed by atoms with Gasteiger partial charge in [0.1, 0.15) is 10.8 Å². The van der Waals surface area contributed by atoms with Gasteiger partial charge in [0.15, 0.2) is 0 Å². The Hall–Kier alpha value is -0.970. The first-order chi connectivity index (χ1) is 4.70. The van der Waals surface area contributed by atoms with Gasteiger partial charge in [-0.25, -0.2) is 0 Å². The molecule has 0 spiro atoms. The second-order valence-corrected chi connectivity index (χ2v) is 3.08. The van der Waals surface area contributed by atoms with Crippen LogP contribution >= 0.6 is 0 Å². The quantitative estimate of drug-likeness (QED) is 0.612. The molecule has 4 nitrogen and oxygen atoms in total. The zero-order chi connectivity index (χ0) is 7.56. The van der Waals surface area contributed by atoms with Gasteiger partial charge in [0.25, 0.3) is 0 Å². The van der Waals surface area contributed by atoms with Crippen molar-refractivity contribution in [2.45, 2.75) is 5.03 Å². The van der Waals surface area contributed by atoms with E-state index < -0.39 is 10.8 Å². The number of rotatable bonds is 1. The maximum Gasteiger partial charge on any atom is 0.149 e. The molecule has 0 amide bonds. The van der Waals surface area contributed by atoms with E-state index in [0.29, 0.717) is 10.8 Å². The largest absolute Gasteiger partial charge is 0.382 e. The van der Waals surface area contributed by atoms with Crippen LogP contribution < -0.4 is 5.73 Å². The highest BCUT2D eigenvalue weighted by Gasteiger charge is 1.97. The molecule has 0 aliphatic carbocycles.